The van der Waals surface area contributed by atoms with Crippen molar-refractivity contribution in [2.75, 3.05) is 17.2 Å². The van der Waals surface area contributed by atoms with Crippen LogP contribution in [0, 0.1) is 5.82 Å². The van der Waals surface area contributed by atoms with Crippen molar-refractivity contribution in [1.29, 1.82) is 0 Å². The smallest absolute Gasteiger partial charge is 0.340 e. The van der Waals surface area contributed by atoms with Gasteiger partial charge in [0.25, 0.3) is 5.91 Å². The molecule has 0 bridgehead atoms. The third-order valence-corrected chi connectivity index (χ3v) is 3.95. The fraction of sp³-hybridized carbons (Fsp3) is 0.100. The summed E-state index contributed by atoms with van der Waals surface area (Å²) in [6.07, 6.45) is 1.55. The summed E-state index contributed by atoms with van der Waals surface area (Å²) < 4.78 is 24.0. The number of halogens is 2. The molecule has 1 amide bonds. The molecular weight excluding hydrogens is 387 g/mol. The monoisotopic (exact) mass is 402 g/mol. The van der Waals surface area contributed by atoms with Crippen LogP contribution in [-0.2, 0) is 16.1 Å². The van der Waals surface area contributed by atoms with E-state index in [0.717, 1.165) is 6.07 Å². The molecule has 1 aromatic heterocycles. The molecule has 6 nitrogen and oxygen atoms in total. The Kier molecular flexibility index (Phi) is 6.29. The Balaban J connectivity index is 1.57. The van der Waals surface area contributed by atoms with Crippen LogP contribution in [0.2, 0.25) is 5.02 Å². The Hall–Kier alpha value is -3.32. The van der Waals surface area contributed by atoms with E-state index in [2.05, 4.69) is 10.6 Å². The van der Waals surface area contributed by atoms with Gasteiger partial charge in [-0.05, 0) is 42.5 Å². The van der Waals surface area contributed by atoms with Gasteiger partial charge >= 0.3 is 5.97 Å². The summed E-state index contributed by atoms with van der Waals surface area (Å²) in [5, 5.41) is 5.61. The third kappa shape index (κ3) is 5.11. The first-order chi connectivity index (χ1) is 13.5. The Labute approximate surface area is 165 Å². The van der Waals surface area contributed by atoms with E-state index in [-0.39, 0.29) is 16.3 Å². The van der Waals surface area contributed by atoms with Crippen molar-refractivity contribution in [2.45, 2.75) is 6.54 Å². The number of para-hydroxylation sites is 1. The molecule has 8 heteroatoms. The fourth-order valence-corrected chi connectivity index (χ4v) is 2.56. The molecular formula is C20H16ClFN2O4. The summed E-state index contributed by atoms with van der Waals surface area (Å²) in [6.45, 7) is -0.180. The van der Waals surface area contributed by atoms with E-state index in [0.29, 0.717) is 18.0 Å². The van der Waals surface area contributed by atoms with Gasteiger partial charge in [0, 0.05) is 10.7 Å². The van der Waals surface area contributed by atoms with Gasteiger partial charge in [0.2, 0.25) is 0 Å². The summed E-state index contributed by atoms with van der Waals surface area (Å²) in [4.78, 5) is 24.3. The maximum absolute atomic E-state index is 13.7. The van der Waals surface area contributed by atoms with Crippen LogP contribution in [0.25, 0.3) is 0 Å². The minimum Gasteiger partial charge on any atom is -0.467 e. The maximum Gasteiger partial charge on any atom is 0.340 e. The van der Waals surface area contributed by atoms with Crippen LogP contribution in [0.3, 0.4) is 0 Å². The molecule has 0 saturated heterocycles. The number of hydrogen-bond donors (Lipinski definition) is 2. The topological polar surface area (TPSA) is 80.6 Å². The van der Waals surface area contributed by atoms with Crippen molar-refractivity contribution < 1.29 is 23.1 Å². The van der Waals surface area contributed by atoms with Crippen molar-refractivity contribution in [3.05, 3.63) is 83.0 Å². The van der Waals surface area contributed by atoms with Crippen molar-refractivity contribution in [2.24, 2.45) is 0 Å². The van der Waals surface area contributed by atoms with Gasteiger partial charge < -0.3 is 19.8 Å². The van der Waals surface area contributed by atoms with Crippen molar-refractivity contribution >= 4 is 34.9 Å². The van der Waals surface area contributed by atoms with Crippen LogP contribution in [0.15, 0.2) is 65.3 Å². The molecule has 0 spiro atoms. The van der Waals surface area contributed by atoms with Gasteiger partial charge in [0.05, 0.1) is 24.1 Å². The minimum atomic E-state index is -0.686. The highest BCUT2D eigenvalue weighted by Crippen LogP contribution is 2.19. The highest BCUT2D eigenvalue weighted by molar-refractivity contribution is 6.30. The SMILES string of the molecule is O=C(COC(=O)c1ccccc1NCc1ccco1)Nc1ccc(Cl)cc1F. The molecule has 3 rings (SSSR count). The van der Waals surface area contributed by atoms with Gasteiger partial charge in [-0.2, -0.15) is 0 Å². The number of rotatable bonds is 7. The second-order valence-corrected chi connectivity index (χ2v) is 6.16. The standard InChI is InChI=1S/C20H16ClFN2O4/c21-13-7-8-18(16(22)10-13)24-19(25)12-28-20(26)15-5-1-2-6-17(15)23-11-14-4-3-9-27-14/h1-10,23H,11-12H2,(H,24,25). The zero-order valence-corrected chi connectivity index (χ0v) is 15.3. The molecule has 3 aromatic rings. The lowest BCUT2D eigenvalue weighted by molar-refractivity contribution is -0.119. The highest BCUT2D eigenvalue weighted by Gasteiger charge is 2.15. The van der Waals surface area contributed by atoms with Gasteiger partial charge in [-0.3, -0.25) is 4.79 Å². The van der Waals surface area contributed by atoms with Gasteiger partial charge in [0.15, 0.2) is 6.61 Å². The number of benzene rings is 2. The number of nitrogens with one attached hydrogen (secondary N) is 2. The van der Waals surface area contributed by atoms with Gasteiger partial charge in [-0.25, -0.2) is 9.18 Å². The quantitative estimate of drug-likeness (QED) is 0.569. The molecule has 0 fully saturated rings. The Bertz CT molecular complexity index is 976. The first-order valence-corrected chi connectivity index (χ1v) is 8.68. The molecule has 0 aliphatic heterocycles. The number of hydrogen-bond acceptors (Lipinski definition) is 5. The van der Waals surface area contributed by atoms with Crippen LogP contribution < -0.4 is 10.6 Å². The predicted octanol–water partition coefficient (Wildman–Crippen LogP) is 4.48. The first-order valence-electron chi connectivity index (χ1n) is 8.30. The number of carbonyl (C=O) groups is 2. The molecule has 0 radical (unpaired) electrons. The maximum atomic E-state index is 13.7. The Morgan fingerprint density at radius 2 is 1.89 bits per heavy atom. The second kappa shape index (κ2) is 9.05. The molecule has 1 heterocycles. The van der Waals surface area contributed by atoms with Crippen molar-refractivity contribution in [1.82, 2.24) is 0 Å². The summed E-state index contributed by atoms with van der Waals surface area (Å²) in [7, 11) is 0. The molecule has 0 aliphatic rings. The van der Waals surface area contributed by atoms with E-state index in [1.807, 2.05) is 0 Å². The lowest BCUT2D eigenvalue weighted by Crippen LogP contribution is -2.22. The summed E-state index contributed by atoms with van der Waals surface area (Å²) in [5.74, 6) is -1.34. The number of amides is 1. The fourth-order valence-electron chi connectivity index (χ4n) is 2.40. The predicted molar refractivity (Wildman–Crippen MR) is 103 cm³/mol. The number of furan rings is 1. The van der Waals surface area contributed by atoms with Gasteiger partial charge in [0.1, 0.15) is 11.6 Å². The molecule has 0 aliphatic carbocycles. The lowest BCUT2D eigenvalue weighted by Gasteiger charge is -2.11. The first kappa shape index (κ1) is 19.4. The van der Waals surface area contributed by atoms with E-state index in [1.165, 1.54) is 12.1 Å². The van der Waals surface area contributed by atoms with Crippen LogP contribution in [0.4, 0.5) is 15.8 Å². The molecule has 144 valence electrons. The van der Waals surface area contributed by atoms with Crippen LogP contribution in [0.1, 0.15) is 16.1 Å². The van der Waals surface area contributed by atoms with Gasteiger partial charge in [-0.15, -0.1) is 0 Å². The van der Waals surface area contributed by atoms with E-state index < -0.39 is 24.3 Å². The van der Waals surface area contributed by atoms with Crippen LogP contribution in [-0.4, -0.2) is 18.5 Å². The zero-order chi connectivity index (χ0) is 19.9. The summed E-state index contributed by atoms with van der Waals surface area (Å²) in [6, 6.07) is 14.1. The van der Waals surface area contributed by atoms with Crippen molar-refractivity contribution in [3.63, 3.8) is 0 Å². The zero-order valence-electron chi connectivity index (χ0n) is 14.6. The average Bonchev–Trinajstić information content (AvgIpc) is 3.20. The molecule has 0 unspecified atom stereocenters. The van der Waals surface area contributed by atoms with Crippen LogP contribution in [0.5, 0.6) is 0 Å². The number of esters is 1. The van der Waals surface area contributed by atoms with E-state index >= 15 is 0 Å². The van der Waals surface area contributed by atoms with E-state index in [4.69, 9.17) is 20.8 Å². The minimum absolute atomic E-state index is 0.0500. The number of ether oxygens (including phenoxy) is 1. The Morgan fingerprint density at radius 3 is 2.64 bits per heavy atom. The van der Waals surface area contributed by atoms with Crippen LogP contribution >= 0.6 is 11.6 Å². The highest BCUT2D eigenvalue weighted by atomic mass is 35.5. The summed E-state index contributed by atoms with van der Waals surface area (Å²) >= 11 is 5.66. The largest absolute Gasteiger partial charge is 0.467 e. The molecule has 28 heavy (non-hydrogen) atoms. The second-order valence-electron chi connectivity index (χ2n) is 5.73. The summed E-state index contributed by atoms with van der Waals surface area (Å²) in [5.41, 5.74) is 0.749. The lowest BCUT2D eigenvalue weighted by atomic mass is 10.2. The third-order valence-electron chi connectivity index (χ3n) is 3.72. The molecule has 0 atom stereocenters. The van der Waals surface area contributed by atoms with Gasteiger partial charge in [-0.1, -0.05) is 23.7 Å². The molecule has 2 N–H and O–H groups in total. The number of carbonyl (C=O) groups excluding carboxylic acids is 2. The molecule has 0 saturated carbocycles. The normalized spacial score (nSPS) is 10.4. The molecule has 2 aromatic carbocycles. The Morgan fingerprint density at radius 1 is 1.07 bits per heavy atom. The van der Waals surface area contributed by atoms with E-state index in [1.54, 1.807) is 42.7 Å². The van der Waals surface area contributed by atoms with Crippen molar-refractivity contribution in [3.8, 4) is 0 Å². The average molecular weight is 403 g/mol. The van der Waals surface area contributed by atoms with E-state index in [9.17, 15) is 14.0 Å². The number of anilines is 2.